The van der Waals surface area contributed by atoms with Crippen LogP contribution < -0.4 is 19.5 Å². The first-order valence-corrected chi connectivity index (χ1v) is 11.2. The second kappa shape index (κ2) is 8.09. The Kier molecular flexibility index (Phi) is 5.28. The normalized spacial score (nSPS) is 28.4. The Morgan fingerprint density at radius 2 is 1.81 bits per heavy atom. The molecule has 4 aliphatic rings. The van der Waals surface area contributed by atoms with E-state index < -0.39 is 0 Å². The van der Waals surface area contributed by atoms with Crippen LogP contribution in [0.15, 0.2) is 24.4 Å². The van der Waals surface area contributed by atoms with Crippen molar-refractivity contribution in [1.29, 1.82) is 0 Å². The van der Waals surface area contributed by atoms with Gasteiger partial charge in [-0.05, 0) is 61.8 Å². The lowest BCUT2D eigenvalue weighted by atomic mass is 9.54. The van der Waals surface area contributed by atoms with E-state index in [2.05, 4.69) is 10.4 Å². The highest BCUT2D eigenvalue weighted by atomic mass is 16.5. The van der Waals surface area contributed by atoms with Gasteiger partial charge in [-0.15, -0.1) is 0 Å². The molecule has 1 aromatic heterocycles. The van der Waals surface area contributed by atoms with E-state index in [4.69, 9.17) is 14.2 Å². The molecule has 1 N–H and O–H groups in total. The van der Waals surface area contributed by atoms with Gasteiger partial charge in [0.1, 0.15) is 12.2 Å². The minimum Gasteiger partial charge on any atom is -0.493 e. The number of aromatic nitrogens is 2. The quantitative estimate of drug-likeness (QED) is 0.734. The summed E-state index contributed by atoms with van der Waals surface area (Å²) in [6.45, 7) is 0.248. The molecule has 1 amide bonds. The molecule has 0 atom stereocenters. The van der Waals surface area contributed by atoms with Crippen molar-refractivity contribution in [3.05, 3.63) is 35.5 Å². The van der Waals surface area contributed by atoms with Crippen molar-refractivity contribution in [1.82, 2.24) is 15.1 Å². The molecule has 31 heavy (non-hydrogen) atoms. The number of hydrogen-bond acceptors (Lipinski definition) is 5. The number of benzene rings is 1. The maximum atomic E-state index is 13.2. The molecule has 4 aliphatic carbocycles. The van der Waals surface area contributed by atoms with Crippen molar-refractivity contribution in [3.8, 4) is 17.4 Å². The van der Waals surface area contributed by atoms with E-state index in [1.165, 1.54) is 32.1 Å². The third-order valence-electron chi connectivity index (χ3n) is 7.50. The maximum Gasteiger partial charge on any atom is 0.258 e. The molecule has 4 saturated carbocycles. The maximum absolute atomic E-state index is 13.2. The van der Waals surface area contributed by atoms with Crippen LogP contribution in [0.25, 0.3) is 0 Å². The van der Waals surface area contributed by atoms with E-state index in [0.717, 1.165) is 17.4 Å². The largest absolute Gasteiger partial charge is 0.493 e. The summed E-state index contributed by atoms with van der Waals surface area (Å²) < 4.78 is 18.5. The second-order valence-corrected chi connectivity index (χ2v) is 9.36. The van der Waals surface area contributed by atoms with Gasteiger partial charge < -0.3 is 19.5 Å². The zero-order valence-electron chi connectivity index (χ0n) is 18.5. The zero-order chi connectivity index (χ0) is 21.5. The first-order valence-electron chi connectivity index (χ1n) is 11.2. The Balaban J connectivity index is 1.31. The van der Waals surface area contributed by atoms with E-state index >= 15 is 0 Å². The van der Waals surface area contributed by atoms with Crippen LogP contribution >= 0.6 is 0 Å². The molecule has 4 fully saturated rings. The van der Waals surface area contributed by atoms with Gasteiger partial charge in [-0.2, -0.15) is 5.10 Å². The smallest absolute Gasteiger partial charge is 0.258 e. The molecule has 166 valence electrons. The van der Waals surface area contributed by atoms with Crippen molar-refractivity contribution in [2.24, 2.45) is 30.7 Å². The van der Waals surface area contributed by atoms with Gasteiger partial charge >= 0.3 is 0 Å². The van der Waals surface area contributed by atoms with Crippen LogP contribution in [0.4, 0.5) is 0 Å². The summed E-state index contributed by atoms with van der Waals surface area (Å²) in [7, 11) is 5.00. The number of aryl methyl sites for hydroxylation is 1. The first kappa shape index (κ1) is 20.2. The number of nitrogens with one attached hydrogen (secondary N) is 1. The van der Waals surface area contributed by atoms with Gasteiger partial charge in [0.15, 0.2) is 11.5 Å². The number of hydrogen-bond donors (Lipinski definition) is 1. The van der Waals surface area contributed by atoms with E-state index in [1.54, 1.807) is 32.1 Å². The predicted molar refractivity (Wildman–Crippen MR) is 115 cm³/mol. The molecule has 7 nitrogen and oxygen atoms in total. The van der Waals surface area contributed by atoms with Gasteiger partial charge in [-0.1, -0.05) is 12.1 Å². The Morgan fingerprint density at radius 3 is 2.45 bits per heavy atom. The van der Waals surface area contributed by atoms with Gasteiger partial charge in [-0.25, -0.2) is 4.68 Å². The van der Waals surface area contributed by atoms with Crippen LogP contribution in [0.1, 0.15) is 48.0 Å². The summed E-state index contributed by atoms with van der Waals surface area (Å²) in [5.74, 6) is 4.67. The van der Waals surface area contributed by atoms with Crippen LogP contribution in [0.2, 0.25) is 0 Å². The zero-order valence-corrected chi connectivity index (χ0v) is 18.5. The van der Waals surface area contributed by atoms with Gasteiger partial charge in [0, 0.05) is 18.7 Å². The Labute approximate surface area is 183 Å². The number of ether oxygens (including phenoxy) is 3. The average Bonchev–Trinajstić information content (AvgIpc) is 3.14. The van der Waals surface area contributed by atoms with Gasteiger partial charge in [0.05, 0.1) is 20.4 Å². The monoisotopic (exact) mass is 425 g/mol. The number of amides is 1. The molecule has 0 unspecified atom stereocenters. The van der Waals surface area contributed by atoms with Crippen molar-refractivity contribution >= 4 is 5.91 Å². The standard InChI is InChI=1S/C24H31N3O4/c1-27-24(31-13-16-5-4-6-20(29-2)22(16)30-3)19(12-25-27)23(28)26-21-17-8-14-7-15(10-17)11-18(21)9-14/h4-6,12,14-15,17-18,21H,7-11,13H2,1-3H3,(H,26,28). The third kappa shape index (κ3) is 3.64. The van der Waals surface area contributed by atoms with Gasteiger partial charge in [0.25, 0.3) is 5.91 Å². The molecule has 0 spiro atoms. The summed E-state index contributed by atoms with van der Waals surface area (Å²) in [6.07, 6.45) is 8.08. The van der Waals surface area contributed by atoms with E-state index in [0.29, 0.717) is 34.8 Å². The van der Waals surface area contributed by atoms with Crippen LogP contribution in [0, 0.1) is 23.7 Å². The molecule has 7 heteroatoms. The van der Waals surface area contributed by atoms with Crippen LogP contribution in [0.3, 0.4) is 0 Å². The molecule has 2 aromatic rings. The molecular formula is C24H31N3O4. The Bertz CT molecular complexity index is 942. The highest BCUT2D eigenvalue weighted by Gasteiger charge is 2.48. The summed E-state index contributed by atoms with van der Waals surface area (Å²) in [5.41, 5.74) is 1.33. The van der Waals surface area contributed by atoms with Crippen molar-refractivity contribution in [3.63, 3.8) is 0 Å². The fraction of sp³-hybridized carbons (Fsp3) is 0.583. The molecular weight excluding hydrogens is 394 g/mol. The third-order valence-corrected chi connectivity index (χ3v) is 7.50. The fourth-order valence-corrected chi connectivity index (χ4v) is 6.36. The van der Waals surface area contributed by atoms with Crippen molar-refractivity contribution in [2.45, 2.75) is 44.8 Å². The minimum atomic E-state index is -0.0850. The number of nitrogens with zero attached hydrogens (tertiary/aromatic N) is 2. The number of methoxy groups -OCH3 is 2. The van der Waals surface area contributed by atoms with Crippen LogP contribution in [-0.4, -0.2) is 35.9 Å². The van der Waals surface area contributed by atoms with Crippen LogP contribution in [-0.2, 0) is 13.7 Å². The Morgan fingerprint density at radius 1 is 1.10 bits per heavy atom. The summed E-state index contributed by atoms with van der Waals surface area (Å²) in [5, 5.41) is 7.64. The summed E-state index contributed by atoms with van der Waals surface area (Å²) in [4.78, 5) is 13.2. The number of para-hydroxylation sites is 1. The second-order valence-electron chi connectivity index (χ2n) is 9.36. The molecule has 1 aromatic carbocycles. The highest BCUT2D eigenvalue weighted by Crippen LogP contribution is 2.53. The fourth-order valence-electron chi connectivity index (χ4n) is 6.36. The predicted octanol–water partition coefficient (Wildman–Crippen LogP) is 3.57. The minimum absolute atomic E-state index is 0.0850. The number of carbonyl (C=O) groups is 1. The number of rotatable bonds is 7. The lowest BCUT2D eigenvalue weighted by molar-refractivity contribution is -0.0120. The summed E-state index contributed by atoms with van der Waals surface area (Å²) >= 11 is 0. The molecule has 1 heterocycles. The Hall–Kier alpha value is -2.70. The van der Waals surface area contributed by atoms with Crippen molar-refractivity contribution < 1.29 is 19.0 Å². The summed E-state index contributed by atoms with van der Waals surface area (Å²) in [6, 6.07) is 5.94. The van der Waals surface area contributed by atoms with Crippen molar-refractivity contribution in [2.75, 3.05) is 14.2 Å². The number of carbonyl (C=O) groups excluding carboxylic acids is 1. The molecule has 0 saturated heterocycles. The topological polar surface area (TPSA) is 74.6 Å². The lowest BCUT2D eigenvalue weighted by Crippen LogP contribution is -2.55. The highest BCUT2D eigenvalue weighted by molar-refractivity contribution is 5.96. The van der Waals surface area contributed by atoms with Gasteiger partial charge in [0.2, 0.25) is 5.88 Å². The SMILES string of the molecule is COc1cccc(COc2c(C(=O)NC3C4CC5CC(C4)CC3C5)cnn2C)c1OC. The van der Waals surface area contributed by atoms with Gasteiger partial charge in [-0.3, -0.25) is 4.79 Å². The first-order chi connectivity index (χ1) is 15.1. The molecule has 0 aliphatic heterocycles. The average molecular weight is 426 g/mol. The van der Waals surface area contributed by atoms with E-state index in [9.17, 15) is 4.79 Å². The lowest BCUT2D eigenvalue weighted by Gasteiger charge is -2.54. The van der Waals surface area contributed by atoms with Crippen LogP contribution in [0.5, 0.6) is 17.4 Å². The molecule has 4 bridgehead atoms. The van der Waals surface area contributed by atoms with E-state index in [1.807, 2.05) is 18.2 Å². The van der Waals surface area contributed by atoms with E-state index in [-0.39, 0.29) is 18.6 Å². The molecule has 0 radical (unpaired) electrons. The molecule has 6 rings (SSSR count).